The largest absolute Gasteiger partial charge is 0.460 e. The smallest absolute Gasteiger partial charge is 0.0297 e. The van der Waals surface area contributed by atoms with E-state index >= 15 is 0 Å². The molecule has 0 aliphatic heterocycles. The second-order valence-electron chi connectivity index (χ2n) is 15.5. The third-order valence-corrected chi connectivity index (χ3v) is 11.0. The summed E-state index contributed by atoms with van der Waals surface area (Å²) < 4.78 is 4.60. The zero-order valence-electron chi connectivity index (χ0n) is 58.0. The van der Waals surface area contributed by atoms with Crippen LogP contribution in [0.5, 0.6) is 0 Å². The summed E-state index contributed by atoms with van der Waals surface area (Å²) in [6.07, 6.45) is 4.76. The van der Waals surface area contributed by atoms with E-state index in [1.54, 1.807) is 5.56 Å². The van der Waals surface area contributed by atoms with E-state index < -0.39 is 0 Å². The van der Waals surface area contributed by atoms with Crippen molar-refractivity contribution in [3.8, 4) is 33.4 Å². The number of hydrogen-bond donors (Lipinski definition) is 0. The molecule has 14 radical (unpaired) electrons. The summed E-state index contributed by atoms with van der Waals surface area (Å²) in [5, 5.41) is 4.84. The Bertz CT molecular complexity index is 3070. The molecule has 10 aromatic rings. The van der Waals surface area contributed by atoms with Gasteiger partial charge in [-0.15, -0.1) is 11.0 Å². The van der Waals surface area contributed by atoms with E-state index in [2.05, 4.69) is 209 Å². The number of benzene rings is 8. The Morgan fingerprint density at radius 3 is 1.17 bits per heavy atom. The summed E-state index contributed by atoms with van der Waals surface area (Å²) in [7, 11) is 0. The van der Waals surface area contributed by atoms with Crippen LogP contribution in [0.2, 0.25) is 0 Å². The molecule has 11 rings (SSSR count). The minimum absolute atomic E-state index is 0. The number of para-hydroxylation sites is 2. The van der Waals surface area contributed by atoms with Gasteiger partial charge in [0.15, 0.2) is 0 Å². The van der Waals surface area contributed by atoms with Crippen LogP contribution in [0.15, 0.2) is 140 Å². The van der Waals surface area contributed by atoms with Crippen LogP contribution in [0.4, 0.5) is 0 Å². The van der Waals surface area contributed by atoms with Crippen molar-refractivity contribution in [1.29, 1.82) is 0 Å². The van der Waals surface area contributed by atoms with Crippen LogP contribution < -0.4 is 0 Å². The summed E-state index contributed by atoms with van der Waals surface area (Å²) in [4.78, 5) is 0. The van der Waals surface area contributed by atoms with Crippen molar-refractivity contribution in [2.24, 2.45) is 0 Å². The van der Waals surface area contributed by atoms with Gasteiger partial charge in [0, 0.05) is 482 Å². The third kappa shape index (κ3) is 42.1. The Hall–Kier alpha value is 8.81. The van der Waals surface area contributed by atoms with Gasteiger partial charge in [-0.05, 0) is 72.0 Å². The van der Waals surface area contributed by atoms with Crippen molar-refractivity contribution >= 4 is 43.6 Å². The number of nitrogens with zero attached hydrogens (tertiary/aromatic N) is 2. The Labute approximate surface area is 898 Å². The summed E-state index contributed by atoms with van der Waals surface area (Å²) >= 11 is 0. The predicted octanol–water partition coefficient (Wildman–Crippen LogP) is 22.1. The number of hydrogen-bond acceptors (Lipinski definition) is 0. The molecule has 0 fully saturated rings. The van der Waals surface area contributed by atoms with E-state index in [4.69, 9.17) is 0 Å². The molecule has 0 saturated heterocycles. The fourth-order valence-electron chi connectivity index (χ4n) is 8.30. The van der Waals surface area contributed by atoms with E-state index in [1.807, 2.05) is 119 Å². The molecule has 0 amide bonds. The van der Waals surface area contributed by atoms with E-state index in [9.17, 15) is 0 Å². The fraction of sp³-hybridized carbons (Fsp3) is 0.342. The second-order valence-corrected chi connectivity index (χ2v) is 15.5. The number of aromatic nitrogens is 2. The number of rotatable bonds is 5. The van der Waals surface area contributed by atoms with Gasteiger partial charge >= 0.3 is 0 Å². The topological polar surface area (TPSA) is 9.86 Å². The zero-order valence-corrected chi connectivity index (χ0v) is 97.7. The Balaban J connectivity index is -0.0000000657. The Morgan fingerprint density at radius 1 is 0.337 bits per heavy atom. The SMILES string of the molecule is CC.CC.CC.CC.CC.CC.CCC.CCC.CCc1cccc2c1Cc1ccccc1-2.CCn1c2[c-]c(-c3[c-]ccc[c-]3)[c-]cc2c2ccccc21.CCn1c2c[c-]c(-c3[c-]ccc[c-]3)[c-]c2c2ccccc21.[Y].[Y].[Y].[Y].[Y].[Y].[Y].[Y].[Y].[Y].[Y].[Y].[Y].[Y]. The first-order chi connectivity index (χ1) is 37.0. The first-order valence-electron chi connectivity index (χ1n) is 28.7. The van der Waals surface area contributed by atoms with Crippen LogP contribution >= 0.6 is 0 Å². The minimum atomic E-state index is 0. The first kappa shape index (κ1) is 131. The molecule has 16 heteroatoms. The molecule has 0 spiro atoms. The second kappa shape index (κ2) is 84.1. The maximum absolute atomic E-state index is 3.50. The molecular weight excluding hydrogens is 2150 g/mol. The third-order valence-electron chi connectivity index (χ3n) is 11.0. The molecule has 444 valence electrons. The molecule has 8 aromatic carbocycles. The van der Waals surface area contributed by atoms with Crippen LogP contribution in [0.1, 0.15) is 161 Å². The van der Waals surface area contributed by atoms with Gasteiger partial charge in [0.05, 0.1) is 0 Å². The summed E-state index contributed by atoms with van der Waals surface area (Å²) in [6.45, 7) is 40.9. The van der Waals surface area contributed by atoms with Crippen molar-refractivity contribution in [3.63, 3.8) is 0 Å². The Morgan fingerprint density at radius 2 is 0.719 bits per heavy atom. The van der Waals surface area contributed by atoms with Gasteiger partial charge in [0.2, 0.25) is 0 Å². The molecule has 2 aromatic heterocycles. The molecule has 0 saturated carbocycles. The minimum Gasteiger partial charge on any atom is -0.460 e. The van der Waals surface area contributed by atoms with E-state index in [-0.39, 0.29) is 458 Å². The number of fused-ring (bicyclic) bond motifs is 9. The van der Waals surface area contributed by atoms with Crippen molar-refractivity contribution in [3.05, 3.63) is 205 Å². The average Bonchev–Trinajstić information content (AvgIpc) is 4.16. The van der Waals surface area contributed by atoms with Gasteiger partial charge in [-0.2, -0.15) is 10.8 Å². The molecule has 2 nitrogen and oxygen atoms in total. The van der Waals surface area contributed by atoms with E-state index in [0.29, 0.717) is 0 Å². The van der Waals surface area contributed by atoms with Crippen LogP contribution in [0.3, 0.4) is 0 Å². The van der Waals surface area contributed by atoms with E-state index in [0.717, 1.165) is 59.1 Å². The number of aryl methyl sites for hydroxylation is 3. The molecule has 89 heavy (non-hydrogen) atoms. The molecule has 0 N–H and O–H groups in total. The molecule has 1 aliphatic carbocycles. The van der Waals surface area contributed by atoms with Gasteiger partial charge in [-0.25, -0.2) is 24.3 Å². The molecule has 2 heterocycles. The quantitative estimate of drug-likeness (QED) is 0.152. The van der Waals surface area contributed by atoms with Crippen LogP contribution in [-0.2, 0) is 484 Å². The molecule has 0 unspecified atom stereocenters. The fourth-order valence-corrected chi connectivity index (χ4v) is 8.30. The molecule has 0 bridgehead atoms. The molecule has 1 aliphatic rings. The van der Waals surface area contributed by atoms with Crippen molar-refractivity contribution in [2.75, 3.05) is 0 Å². The van der Waals surface area contributed by atoms with Gasteiger partial charge in [-0.1, -0.05) is 215 Å². The van der Waals surface area contributed by atoms with Crippen molar-refractivity contribution in [1.82, 2.24) is 9.13 Å². The van der Waals surface area contributed by atoms with Gasteiger partial charge in [-0.3, -0.25) is 24.3 Å². The van der Waals surface area contributed by atoms with Crippen LogP contribution in [-0.4, -0.2) is 9.13 Å². The summed E-state index contributed by atoms with van der Waals surface area (Å²) in [6, 6.07) is 74.3. The monoisotopic (exact) mass is 2240 g/mol. The zero-order chi connectivity index (χ0) is 56.1. The molecular formula is C73H92N2Y14-8. The Kier molecular flexibility index (Phi) is 123. The summed E-state index contributed by atoms with van der Waals surface area (Å²) in [5.74, 6) is 0. The summed E-state index contributed by atoms with van der Waals surface area (Å²) in [5.41, 5.74) is 15.9. The normalized spacial score (nSPS) is 8.21. The maximum Gasteiger partial charge on any atom is 0.0297 e. The van der Waals surface area contributed by atoms with Crippen LogP contribution in [0.25, 0.3) is 77.0 Å². The first-order valence-corrected chi connectivity index (χ1v) is 28.7. The molecule has 0 atom stereocenters. The van der Waals surface area contributed by atoms with Gasteiger partial charge in [0.25, 0.3) is 0 Å². The van der Waals surface area contributed by atoms with Gasteiger partial charge in [0.1, 0.15) is 0 Å². The van der Waals surface area contributed by atoms with Crippen LogP contribution in [0, 0.1) is 48.5 Å². The maximum atomic E-state index is 3.50. The van der Waals surface area contributed by atoms with Crippen molar-refractivity contribution < 1.29 is 458 Å². The average molecular weight is 2240 g/mol. The van der Waals surface area contributed by atoms with E-state index in [1.165, 1.54) is 67.8 Å². The van der Waals surface area contributed by atoms with Gasteiger partial charge < -0.3 is 79.9 Å². The predicted molar refractivity (Wildman–Crippen MR) is 336 cm³/mol. The van der Waals surface area contributed by atoms with Crippen molar-refractivity contribution in [2.45, 2.75) is 170 Å². The standard InChI is InChI=1S/2C20H13N.C15H14.2C3H8.6C2H6.14Y/c1-2-21-19-11-7-6-10-17(19)18-14-16(12-13-20(18)21)15-8-4-3-5-9-15;1-2-21-19-11-7-6-10-17(19)18-13-12-16(14-20(18)21)15-8-4-3-5-9-15;1-2-11-7-5-9-14-13-8-4-3-6-12(13)10-15(11)14;2*1-3-2;6*1-2;;;;;;;;;;;;;;/h2*3-7,10-11,13H,2H2,1H3;3-9H,2,10H2,1H3;2*3H2,1-2H3;6*1-2H3;;;;;;;;;;;;;;/q2*-4;;;;;;;;;;;;;;;;;;;;;;;.